The summed E-state index contributed by atoms with van der Waals surface area (Å²) in [7, 11) is 2.26. The molecule has 0 aliphatic carbocycles. The van der Waals surface area contributed by atoms with Crippen LogP contribution in [0.4, 0.5) is 0 Å². The van der Waals surface area contributed by atoms with Crippen molar-refractivity contribution < 1.29 is 0 Å². The Labute approximate surface area is 116 Å². The minimum atomic E-state index is 0.380. The van der Waals surface area contributed by atoms with Gasteiger partial charge in [0.1, 0.15) is 0 Å². The van der Waals surface area contributed by atoms with E-state index < -0.39 is 0 Å². The first kappa shape index (κ1) is 17.9. The van der Waals surface area contributed by atoms with Gasteiger partial charge in [0.25, 0.3) is 0 Å². The van der Waals surface area contributed by atoms with Gasteiger partial charge in [0.2, 0.25) is 0 Å². The van der Waals surface area contributed by atoms with Crippen LogP contribution in [0.25, 0.3) is 0 Å². The molecule has 0 saturated heterocycles. The molecule has 110 valence electrons. The zero-order valence-electron chi connectivity index (χ0n) is 13.8. The summed E-state index contributed by atoms with van der Waals surface area (Å²) in [5.74, 6) is 0. The van der Waals surface area contributed by atoms with Crippen molar-refractivity contribution in [3.63, 3.8) is 0 Å². The molecule has 0 aromatic rings. The average Bonchev–Trinajstić information content (AvgIpc) is 2.29. The minimum Gasteiger partial charge on any atom is -0.314 e. The third kappa shape index (κ3) is 8.10. The molecule has 0 radical (unpaired) electrons. The molecule has 2 heteroatoms. The third-order valence-electron chi connectivity index (χ3n) is 4.06. The van der Waals surface area contributed by atoms with Gasteiger partial charge in [-0.2, -0.15) is 0 Å². The number of hydrogen-bond acceptors (Lipinski definition) is 2. The summed E-state index contributed by atoms with van der Waals surface area (Å²) in [4.78, 5) is 2.50. The zero-order chi connectivity index (χ0) is 14.2. The smallest absolute Gasteiger partial charge is 0.0112 e. The van der Waals surface area contributed by atoms with Gasteiger partial charge in [-0.05, 0) is 58.7 Å². The van der Waals surface area contributed by atoms with Crippen molar-refractivity contribution in [1.29, 1.82) is 0 Å². The molecule has 0 bridgehead atoms. The molecule has 2 atom stereocenters. The monoisotopic (exact) mass is 256 g/mol. The molecule has 0 rings (SSSR count). The standard InChI is InChI=1S/C16H36N2/c1-8-12-17-14(2)11-9-10-13-18(7)15(3)16(4,5)6/h14-15,17H,8-13H2,1-7H3. The highest BCUT2D eigenvalue weighted by Crippen LogP contribution is 2.23. The van der Waals surface area contributed by atoms with E-state index in [1.807, 2.05) is 0 Å². The van der Waals surface area contributed by atoms with Crippen LogP contribution in [-0.2, 0) is 0 Å². The molecule has 0 spiro atoms. The van der Waals surface area contributed by atoms with Crippen molar-refractivity contribution in [2.75, 3.05) is 20.1 Å². The maximum absolute atomic E-state index is 3.55. The molecule has 0 heterocycles. The first-order chi connectivity index (χ1) is 8.29. The van der Waals surface area contributed by atoms with Crippen LogP contribution in [0.3, 0.4) is 0 Å². The highest BCUT2D eigenvalue weighted by Gasteiger charge is 2.23. The highest BCUT2D eigenvalue weighted by molar-refractivity contribution is 4.77. The second-order valence-electron chi connectivity index (χ2n) is 6.87. The molecule has 0 aromatic heterocycles. The molecular formula is C16H36N2. The van der Waals surface area contributed by atoms with Gasteiger partial charge in [-0.15, -0.1) is 0 Å². The van der Waals surface area contributed by atoms with E-state index in [0.717, 1.165) is 6.54 Å². The summed E-state index contributed by atoms with van der Waals surface area (Å²) in [6.07, 6.45) is 5.18. The van der Waals surface area contributed by atoms with Crippen molar-refractivity contribution in [3.05, 3.63) is 0 Å². The second kappa shape index (κ2) is 8.92. The fraction of sp³-hybridized carbons (Fsp3) is 1.00. The topological polar surface area (TPSA) is 15.3 Å². The van der Waals surface area contributed by atoms with Crippen molar-refractivity contribution in [3.8, 4) is 0 Å². The third-order valence-corrected chi connectivity index (χ3v) is 4.06. The maximum atomic E-state index is 3.55. The predicted octanol–water partition coefficient (Wildman–Crippen LogP) is 3.91. The van der Waals surface area contributed by atoms with E-state index in [2.05, 4.69) is 58.8 Å². The van der Waals surface area contributed by atoms with E-state index in [1.165, 1.54) is 32.2 Å². The molecule has 0 saturated carbocycles. The number of rotatable bonds is 9. The number of unbranched alkanes of at least 4 members (excludes halogenated alkanes) is 1. The first-order valence-electron chi connectivity index (χ1n) is 7.72. The zero-order valence-corrected chi connectivity index (χ0v) is 13.8. The van der Waals surface area contributed by atoms with Crippen LogP contribution in [0.1, 0.15) is 67.2 Å². The Kier molecular flexibility index (Phi) is 8.89. The minimum absolute atomic E-state index is 0.380. The van der Waals surface area contributed by atoms with Gasteiger partial charge in [0.15, 0.2) is 0 Å². The van der Waals surface area contributed by atoms with Crippen molar-refractivity contribution >= 4 is 0 Å². The Morgan fingerprint density at radius 2 is 1.72 bits per heavy atom. The van der Waals surface area contributed by atoms with Crippen LogP contribution in [0.5, 0.6) is 0 Å². The lowest BCUT2D eigenvalue weighted by atomic mass is 9.87. The van der Waals surface area contributed by atoms with Gasteiger partial charge in [-0.1, -0.05) is 34.1 Å². The molecule has 0 aromatic carbocycles. The van der Waals surface area contributed by atoms with E-state index in [4.69, 9.17) is 0 Å². The van der Waals surface area contributed by atoms with Gasteiger partial charge < -0.3 is 10.2 Å². The Morgan fingerprint density at radius 1 is 1.11 bits per heavy atom. The molecule has 0 fully saturated rings. The largest absolute Gasteiger partial charge is 0.314 e. The number of hydrogen-bond donors (Lipinski definition) is 1. The Morgan fingerprint density at radius 3 is 2.22 bits per heavy atom. The highest BCUT2D eigenvalue weighted by atomic mass is 15.1. The lowest BCUT2D eigenvalue weighted by Crippen LogP contribution is -2.39. The molecule has 0 amide bonds. The van der Waals surface area contributed by atoms with Gasteiger partial charge in [0.05, 0.1) is 0 Å². The summed E-state index contributed by atoms with van der Waals surface area (Å²) < 4.78 is 0. The fourth-order valence-corrected chi connectivity index (χ4v) is 2.16. The van der Waals surface area contributed by atoms with Gasteiger partial charge in [0, 0.05) is 12.1 Å². The van der Waals surface area contributed by atoms with Crippen LogP contribution < -0.4 is 5.32 Å². The fourth-order valence-electron chi connectivity index (χ4n) is 2.16. The molecule has 0 aliphatic rings. The second-order valence-corrected chi connectivity index (χ2v) is 6.87. The lowest BCUT2D eigenvalue weighted by Gasteiger charge is -2.35. The van der Waals surface area contributed by atoms with Crippen molar-refractivity contribution in [1.82, 2.24) is 10.2 Å². The van der Waals surface area contributed by atoms with Crippen LogP contribution in [0.2, 0.25) is 0 Å². The van der Waals surface area contributed by atoms with Gasteiger partial charge in [-0.25, -0.2) is 0 Å². The average molecular weight is 256 g/mol. The van der Waals surface area contributed by atoms with Crippen LogP contribution in [0, 0.1) is 5.41 Å². The van der Waals surface area contributed by atoms with E-state index in [-0.39, 0.29) is 0 Å². The van der Waals surface area contributed by atoms with Crippen LogP contribution in [0.15, 0.2) is 0 Å². The van der Waals surface area contributed by atoms with Crippen LogP contribution >= 0.6 is 0 Å². The quantitative estimate of drug-likeness (QED) is 0.629. The lowest BCUT2D eigenvalue weighted by molar-refractivity contribution is 0.138. The molecule has 2 unspecified atom stereocenters. The predicted molar refractivity (Wildman–Crippen MR) is 83.2 cm³/mol. The van der Waals surface area contributed by atoms with E-state index in [0.29, 0.717) is 17.5 Å². The Hall–Kier alpha value is -0.0800. The summed E-state index contributed by atoms with van der Waals surface area (Å²) in [6, 6.07) is 1.32. The molecule has 2 nitrogen and oxygen atoms in total. The van der Waals surface area contributed by atoms with Crippen molar-refractivity contribution in [2.24, 2.45) is 5.41 Å². The first-order valence-corrected chi connectivity index (χ1v) is 7.72. The molecular weight excluding hydrogens is 220 g/mol. The van der Waals surface area contributed by atoms with E-state index >= 15 is 0 Å². The summed E-state index contributed by atoms with van der Waals surface area (Å²) >= 11 is 0. The van der Waals surface area contributed by atoms with Gasteiger partial charge >= 0.3 is 0 Å². The van der Waals surface area contributed by atoms with Gasteiger partial charge in [-0.3, -0.25) is 0 Å². The summed E-state index contributed by atoms with van der Waals surface area (Å²) in [5.41, 5.74) is 0.380. The van der Waals surface area contributed by atoms with E-state index in [9.17, 15) is 0 Å². The molecule has 1 N–H and O–H groups in total. The summed E-state index contributed by atoms with van der Waals surface area (Å²) in [5, 5.41) is 3.55. The SMILES string of the molecule is CCCNC(C)CCCCN(C)C(C)C(C)(C)C. The number of nitrogens with zero attached hydrogens (tertiary/aromatic N) is 1. The maximum Gasteiger partial charge on any atom is 0.0112 e. The number of nitrogens with one attached hydrogen (secondary N) is 1. The molecule has 18 heavy (non-hydrogen) atoms. The van der Waals surface area contributed by atoms with E-state index in [1.54, 1.807) is 0 Å². The Bertz CT molecular complexity index is 196. The van der Waals surface area contributed by atoms with Crippen LogP contribution in [-0.4, -0.2) is 37.1 Å². The normalized spacial score (nSPS) is 16.0. The van der Waals surface area contributed by atoms with Crippen molar-refractivity contribution in [2.45, 2.75) is 79.3 Å². The summed E-state index contributed by atoms with van der Waals surface area (Å²) in [6.45, 7) is 16.2. The Balaban J connectivity index is 3.66. The molecule has 0 aliphatic heterocycles.